The van der Waals surface area contributed by atoms with E-state index in [0.29, 0.717) is 21.6 Å². The monoisotopic (exact) mass is 301 g/mol. The molecule has 0 amide bonds. The van der Waals surface area contributed by atoms with Gasteiger partial charge in [0.25, 0.3) is 0 Å². The molecule has 0 aliphatic carbocycles. The number of ether oxygens (including phenoxy) is 2. The summed E-state index contributed by atoms with van der Waals surface area (Å²) in [5.74, 6) is -0.345. The number of nitrogens with zero attached hydrogens (tertiary/aromatic N) is 1. The van der Waals surface area contributed by atoms with Crippen LogP contribution in [-0.2, 0) is 11.3 Å². The molecule has 114 valence electrons. The number of hydrogen-bond acceptors (Lipinski definition) is 5. The van der Waals surface area contributed by atoms with Crippen LogP contribution in [0.15, 0.2) is 42.6 Å². The van der Waals surface area contributed by atoms with Crippen molar-refractivity contribution in [1.82, 2.24) is 0 Å². The number of ketones is 1. The highest BCUT2D eigenvalue weighted by Crippen LogP contribution is 2.21. The Morgan fingerprint density at radius 1 is 1.23 bits per heavy atom. The van der Waals surface area contributed by atoms with Crippen molar-refractivity contribution in [3.63, 3.8) is 0 Å². The summed E-state index contributed by atoms with van der Waals surface area (Å²) in [5.41, 5.74) is 0.937. The van der Waals surface area contributed by atoms with E-state index >= 15 is 0 Å². The number of esters is 1. The maximum atomic E-state index is 11.9. The normalized spacial score (nSPS) is 10.1. The van der Waals surface area contributed by atoms with Crippen LogP contribution in [0.3, 0.4) is 0 Å². The Kier molecular flexibility index (Phi) is 4.73. The molecular formula is C16H15NO5. The van der Waals surface area contributed by atoms with Crippen molar-refractivity contribution in [2.24, 2.45) is 0 Å². The Morgan fingerprint density at radius 3 is 2.64 bits per heavy atom. The zero-order chi connectivity index (χ0) is 16.1. The Morgan fingerprint density at radius 2 is 2.00 bits per heavy atom. The van der Waals surface area contributed by atoms with E-state index in [1.165, 1.54) is 32.4 Å². The van der Waals surface area contributed by atoms with Crippen molar-refractivity contribution < 1.29 is 23.8 Å². The van der Waals surface area contributed by atoms with E-state index in [-0.39, 0.29) is 18.1 Å². The second-order valence-electron chi connectivity index (χ2n) is 4.57. The van der Waals surface area contributed by atoms with Gasteiger partial charge in [-0.05, 0) is 31.2 Å². The third-order valence-corrected chi connectivity index (χ3v) is 3.08. The fourth-order valence-electron chi connectivity index (χ4n) is 1.91. The molecule has 0 atom stereocenters. The van der Waals surface area contributed by atoms with E-state index in [2.05, 4.69) is 0 Å². The van der Waals surface area contributed by atoms with Gasteiger partial charge >= 0.3 is 11.7 Å². The number of Topliss-reactive ketones (excluding diaryl/α,β-unsaturated/α-hetero) is 1. The second-order valence-corrected chi connectivity index (χ2v) is 4.57. The number of aromatic nitrogens is 1. The SMILES string of the molecule is COc1ccc(C(C)=O)cc1COC(=O)c1cccc[n+]1[O-]. The molecule has 0 saturated carbocycles. The molecule has 0 N–H and O–H groups in total. The zero-order valence-corrected chi connectivity index (χ0v) is 12.2. The van der Waals surface area contributed by atoms with E-state index < -0.39 is 5.97 Å². The number of carbonyl (C=O) groups excluding carboxylic acids is 2. The average Bonchev–Trinajstić information content (AvgIpc) is 2.52. The predicted molar refractivity (Wildman–Crippen MR) is 77.5 cm³/mol. The number of carbonyl (C=O) groups is 2. The van der Waals surface area contributed by atoms with Gasteiger partial charge in [-0.2, -0.15) is 4.73 Å². The van der Waals surface area contributed by atoms with Gasteiger partial charge in [-0.25, -0.2) is 4.79 Å². The summed E-state index contributed by atoms with van der Waals surface area (Å²) < 4.78 is 10.7. The fraction of sp³-hybridized carbons (Fsp3) is 0.188. The van der Waals surface area contributed by atoms with Crippen LogP contribution in [0.5, 0.6) is 5.75 Å². The van der Waals surface area contributed by atoms with Crippen LogP contribution in [-0.4, -0.2) is 18.9 Å². The highest BCUT2D eigenvalue weighted by molar-refractivity contribution is 5.94. The van der Waals surface area contributed by atoms with Crippen LogP contribution in [0.2, 0.25) is 0 Å². The van der Waals surface area contributed by atoms with E-state index in [1.807, 2.05) is 0 Å². The number of benzene rings is 1. The lowest BCUT2D eigenvalue weighted by atomic mass is 10.1. The molecule has 0 aliphatic heterocycles. The van der Waals surface area contributed by atoms with Gasteiger partial charge in [0.05, 0.1) is 7.11 Å². The number of methoxy groups -OCH3 is 1. The average molecular weight is 301 g/mol. The molecule has 1 aromatic heterocycles. The number of hydrogen-bond donors (Lipinski definition) is 0. The number of rotatable bonds is 5. The Bertz CT molecular complexity index is 711. The smallest absolute Gasteiger partial charge is 0.405 e. The molecule has 0 unspecified atom stereocenters. The molecule has 1 aromatic carbocycles. The summed E-state index contributed by atoms with van der Waals surface area (Å²) in [5, 5.41) is 11.5. The first-order chi connectivity index (χ1) is 10.5. The van der Waals surface area contributed by atoms with Crippen LogP contribution < -0.4 is 9.47 Å². The maximum absolute atomic E-state index is 11.9. The molecule has 0 fully saturated rings. The summed E-state index contributed by atoms with van der Waals surface area (Å²) in [6.07, 6.45) is 1.22. The predicted octanol–water partition coefficient (Wildman–Crippen LogP) is 1.89. The largest absolute Gasteiger partial charge is 0.618 e. The van der Waals surface area contributed by atoms with E-state index in [0.717, 1.165) is 0 Å². The first-order valence-electron chi connectivity index (χ1n) is 6.56. The Hall–Kier alpha value is -2.89. The lowest BCUT2D eigenvalue weighted by Crippen LogP contribution is -2.34. The van der Waals surface area contributed by atoms with Gasteiger partial charge in [-0.1, -0.05) is 0 Å². The van der Waals surface area contributed by atoms with Crippen molar-refractivity contribution in [3.8, 4) is 5.75 Å². The van der Waals surface area contributed by atoms with Crippen LogP contribution in [0.25, 0.3) is 0 Å². The molecule has 1 heterocycles. The first-order valence-corrected chi connectivity index (χ1v) is 6.56. The molecule has 2 rings (SSSR count). The van der Waals surface area contributed by atoms with Gasteiger partial charge < -0.3 is 14.7 Å². The molecule has 22 heavy (non-hydrogen) atoms. The highest BCUT2D eigenvalue weighted by atomic mass is 16.5. The van der Waals surface area contributed by atoms with E-state index in [1.54, 1.807) is 24.3 Å². The van der Waals surface area contributed by atoms with Gasteiger partial charge in [-0.3, -0.25) is 4.79 Å². The van der Waals surface area contributed by atoms with Crippen molar-refractivity contribution >= 4 is 11.8 Å². The summed E-state index contributed by atoms with van der Waals surface area (Å²) in [7, 11) is 1.48. The van der Waals surface area contributed by atoms with Crippen molar-refractivity contribution in [1.29, 1.82) is 0 Å². The molecule has 6 heteroatoms. The quantitative estimate of drug-likeness (QED) is 0.365. The molecule has 2 aromatic rings. The van der Waals surface area contributed by atoms with Gasteiger partial charge in [0.2, 0.25) is 0 Å². The molecule has 6 nitrogen and oxygen atoms in total. The van der Waals surface area contributed by atoms with Crippen molar-refractivity contribution in [2.45, 2.75) is 13.5 Å². The van der Waals surface area contributed by atoms with Gasteiger partial charge in [0.15, 0.2) is 12.0 Å². The molecule has 0 bridgehead atoms. The van der Waals surface area contributed by atoms with Crippen molar-refractivity contribution in [2.75, 3.05) is 7.11 Å². The summed E-state index contributed by atoms with van der Waals surface area (Å²) in [6, 6.07) is 9.33. The minimum absolute atomic E-state index is 0.0992. The molecular weight excluding hydrogens is 286 g/mol. The lowest BCUT2D eigenvalue weighted by molar-refractivity contribution is -0.608. The van der Waals surface area contributed by atoms with Gasteiger partial charge in [0, 0.05) is 23.3 Å². The molecule has 0 aliphatic rings. The maximum Gasteiger partial charge on any atom is 0.405 e. The third-order valence-electron chi connectivity index (χ3n) is 3.08. The Balaban J connectivity index is 2.17. The minimum atomic E-state index is -0.745. The van der Waals surface area contributed by atoms with E-state index in [9.17, 15) is 14.8 Å². The van der Waals surface area contributed by atoms with Crippen LogP contribution in [0.1, 0.15) is 33.3 Å². The lowest BCUT2D eigenvalue weighted by Gasteiger charge is -2.10. The number of pyridine rings is 1. The van der Waals surface area contributed by atoms with Crippen LogP contribution in [0, 0.1) is 5.21 Å². The van der Waals surface area contributed by atoms with Gasteiger partial charge in [-0.15, -0.1) is 0 Å². The summed E-state index contributed by atoms with van der Waals surface area (Å²) in [4.78, 5) is 23.3. The van der Waals surface area contributed by atoms with E-state index in [4.69, 9.17) is 9.47 Å². The standard InChI is InChI=1S/C16H15NO5/c1-11(18)12-6-7-15(21-2)13(9-12)10-22-16(19)14-5-3-4-8-17(14)20/h3-9H,10H2,1-2H3. The Labute approximate surface area is 127 Å². The van der Waals surface area contributed by atoms with Crippen molar-refractivity contribution in [3.05, 3.63) is 64.6 Å². The molecule has 0 saturated heterocycles. The zero-order valence-electron chi connectivity index (χ0n) is 12.2. The van der Waals surface area contributed by atoms with Crippen LogP contribution in [0.4, 0.5) is 0 Å². The fourth-order valence-corrected chi connectivity index (χ4v) is 1.91. The van der Waals surface area contributed by atoms with Gasteiger partial charge in [0.1, 0.15) is 12.4 Å². The molecule has 0 radical (unpaired) electrons. The highest BCUT2D eigenvalue weighted by Gasteiger charge is 2.18. The summed E-state index contributed by atoms with van der Waals surface area (Å²) in [6.45, 7) is 1.35. The first kappa shape index (κ1) is 15.5. The second kappa shape index (κ2) is 6.71. The minimum Gasteiger partial charge on any atom is -0.618 e. The third kappa shape index (κ3) is 3.41. The molecule has 0 spiro atoms. The van der Waals surface area contributed by atoms with Crippen LogP contribution >= 0.6 is 0 Å². The topological polar surface area (TPSA) is 79.5 Å². The summed E-state index contributed by atoms with van der Waals surface area (Å²) >= 11 is 0.